The van der Waals surface area contributed by atoms with Crippen molar-refractivity contribution < 1.29 is 9.50 Å². The summed E-state index contributed by atoms with van der Waals surface area (Å²) in [5, 5.41) is 10.0. The number of hydrogen-bond donors (Lipinski definition) is 2. The molecule has 4 heteroatoms. The molecule has 0 radical (unpaired) electrons. The second-order valence-corrected chi connectivity index (χ2v) is 5.33. The van der Waals surface area contributed by atoms with Gasteiger partial charge in [-0.2, -0.15) is 0 Å². The zero-order valence-electron chi connectivity index (χ0n) is 8.87. The van der Waals surface area contributed by atoms with Crippen LogP contribution < -0.4 is 5.73 Å². The minimum atomic E-state index is -0.567. The van der Waals surface area contributed by atoms with Gasteiger partial charge in [0.1, 0.15) is 5.82 Å². The van der Waals surface area contributed by atoms with Gasteiger partial charge in [0.2, 0.25) is 0 Å². The van der Waals surface area contributed by atoms with Gasteiger partial charge in [0.25, 0.3) is 0 Å². The molecule has 0 heterocycles. The largest absolute Gasteiger partial charge is 0.391 e. The fourth-order valence-corrected chi connectivity index (χ4v) is 2.52. The number of benzene rings is 1. The highest BCUT2D eigenvalue weighted by atomic mass is 79.9. The first-order chi connectivity index (χ1) is 7.58. The summed E-state index contributed by atoms with van der Waals surface area (Å²) in [5.41, 5.74) is 6.59. The molecule has 88 valence electrons. The molecule has 0 aromatic heterocycles. The lowest BCUT2D eigenvalue weighted by Gasteiger charge is -2.33. The maximum absolute atomic E-state index is 13.2. The number of nitrogens with two attached hydrogens (primary N) is 1. The smallest absolute Gasteiger partial charge is 0.124 e. The molecule has 1 aliphatic rings. The molecular weight excluding hydrogens is 273 g/mol. The van der Waals surface area contributed by atoms with Crippen molar-refractivity contribution in [2.24, 2.45) is 11.7 Å². The molecule has 1 aromatic carbocycles. The van der Waals surface area contributed by atoms with E-state index in [0.29, 0.717) is 10.0 Å². The maximum Gasteiger partial charge on any atom is 0.124 e. The highest BCUT2D eigenvalue weighted by molar-refractivity contribution is 9.10. The molecule has 0 saturated heterocycles. The van der Waals surface area contributed by atoms with Gasteiger partial charge in [-0.05, 0) is 42.5 Å². The fraction of sp³-hybridized carbons (Fsp3) is 0.500. The lowest BCUT2D eigenvalue weighted by molar-refractivity contribution is 0.0413. The van der Waals surface area contributed by atoms with Gasteiger partial charge in [0, 0.05) is 4.47 Å². The number of hydrogen-bond acceptors (Lipinski definition) is 2. The van der Waals surface area contributed by atoms with Crippen LogP contribution in [-0.4, -0.2) is 11.2 Å². The number of halogens is 2. The normalized spacial score (nSPS) is 20.2. The third-order valence-electron chi connectivity index (χ3n) is 3.27. The second-order valence-electron chi connectivity index (χ2n) is 4.41. The van der Waals surface area contributed by atoms with E-state index >= 15 is 0 Å². The van der Waals surface area contributed by atoms with E-state index in [1.807, 2.05) is 0 Å². The van der Waals surface area contributed by atoms with Gasteiger partial charge in [-0.3, -0.25) is 0 Å². The third kappa shape index (κ3) is 2.44. The Morgan fingerprint density at radius 2 is 2.06 bits per heavy atom. The summed E-state index contributed by atoms with van der Waals surface area (Å²) in [6.07, 6.45) is 2.63. The van der Waals surface area contributed by atoms with Crippen LogP contribution in [0.15, 0.2) is 22.7 Å². The maximum atomic E-state index is 13.2. The first-order valence-corrected chi connectivity index (χ1v) is 6.27. The molecule has 0 amide bonds. The Morgan fingerprint density at radius 1 is 1.38 bits per heavy atom. The van der Waals surface area contributed by atoms with Gasteiger partial charge in [-0.15, -0.1) is 0 Å². The van der Waals surface area contributed by atoms with Crippen LogP contribution >= 0.6 is 15.9 Å². The summed E-state index contributed by atoms with van der Waals surface area (Å²) < 4.78 is 13.8. The van der Waals surface area contributed by atoms with Crippen molar-refractivity contribution in [1.29, 1.82) is 0 Å². The number of aliphatic hydroxyl groups excluding tert-OH is 1. The Kier molecular flexibility index (Phi) is 3.62. The van der Waals surface area contributed by atoms with Crippen LogP contribution in [0.5, 0.6) is 0 Å². The van der Waals surface area contributed by atoms with Crippen molar-refractivity contribution in [3.63, 3.8) is 0 Å². The molecular formula is C12H15BrFNO. The van der Waals surface area contributed by atoms with Crippen LogP contribution in [0.3, 0.4) is 0 Å². The van der Waals surface area contributed by atoms with Gasteiger partial charge in [-0.1, -0.05) is 22.4 Å². The second kappa shape index (κ2) is 4.82. The van der Waals surface area contributed by atoms with E-state index in [1.54, 1.807) is 6.07 Å². The van der Waals surface area contributed by atoms with E-state index in [9.17, 15) is 9.50 Å². The Balaban J connectivity index is 2.15. The van der Waals surface area contributed by atoms with Crippen molar-refractivity contribution in [1.82, 2.24) is 0 Å². The first kappa shape index (κ1) is 12.0. The molecule has 0 aliphatic heterocycles. The first-order valence-electron chi connectivity index (χ1n) is 5.47. The molecule has 1 aliphatic carbocycles. The summed E-state index contributed by atoms with van der Waals surface area (Å²) in [6, 6.07) is 4.02. The zero-order chi connectivity index (χ0) is 11.7. The van der Waals surface area contributed by atoms with Gasteiger partial charge in [-0.25, -0.2) is 4.39 Å². The van der Waals surface area contributed by atoms with Crippen LogP contribution in [0.25, 0.3) is 0 Å². The van der Waals surface area contributed by atoms with E-state index in [1.165, 1.54) is 12.1 Å². The van der Waals surface area contributed by atoms with Crippen LogP contribution in [-0.2, 0) is 0 Å². The summed E-state index contributed by atoms with van der Waals surface area (Å²) in [6.45, 7) is 0. The van der Waals surface area contributed by atoms with Gasteiger partial charge in [0.15, 0.2) is 0 Å². The van der Waals surface area contributed by atoms with Crippen LogP contribution in [0.1, 0.15) is 30.9 Å². The van der Waals surface area contributed by atoms with E-state index in [4.69, 9.17) is 5.73 Å². The van der Waals surface area contributed by atoms with Crippen molar-refractivity contribution in [2.75, 3.05) is 0 Å². The highest BCUT2D eigenvalue weighted by Crippen LogP contribution is 2.34. The number of aliphatic hydroxyl groups is 1. The van der Waals surface area contributed by atoms with Gasteiger partial charge in [0.05, 0.1) is 12.1 Å². The van der Waals surface area contributed by atoms with E-state index in [-0.39, 0.29) is 11.7 Å². The van der Waals surface area contributed by atoms with E-state index < -0.39 is 12.1 Å². The SMILES string of the molecule is N[C@@H](c1cc(F)cc(Br)c1)[C@H](O)C1CCC1. The summed E-state index contributed by atoms with van der Waals surface area (Å²) >= 11 is 3.22. The molecule has 0 bridgehead atoms. The van der Waals surface area contributed by atoms with Crippen LogP contribution in [0.2, 0.25) is 0 Å². The molecule has 2 rings (SSSR count). The van der Waals surface area contributed by atoms with E-state index in [2.05, 4.69) is 15.9 Å². The van der Waals surface area contributed by atoms with E-state index in [0.717, 1.165) is 19.3 Å². The molecule has 0 unspecified atom stereocenters. The lowest BCUT2D eigenvalue weighted by atomic mass is 9.77. The van der Waals surface area contributed by atoms with Crippen LogP contribution in [0.4, 0.5) is 4.39 Å². The molecule has 2 nitrogen and oxygen atoms in total. The van der Waals surface area contributed by atoms with Crippen molar-refractivity contribution in [2.45, 2.75) is 31.4 Å². The quantitative estimate of drug-likeness (QED) is 0.898. The highest BCUT2D eigenvalue weighted by Gasteiger charge is 2.30. The molecule has 0 spiro atoms. The predicted molar refractivity (Wildman–Crippen MR) is 64.4 cm³/mol. The van der Waals surface area contributed by atoms with Crippen molar-refractivity contribution in [3.8, 4) is 0 Å². The predicted octanol–water partition coefficient (Wildman–Crippen LogP) is 2.75. The average molecular weight is 288 g/mol. The molecule has 1 aromatic rings. The van der Waals surface area contributed by atoms with Crippen molar-refractivity contribution >= 4 is 15.9 Å². The Hall–Kier alpha value is -0.450. The van der Waals surface area contributed by atoms with Gasteiger partial charge >= 0.3 is 0 Å². The topological polar surface area (TPSA) is 46.2 Å². The Labute approximate surface area is 103 Å². The summed E-state index contributed by atoms with van der Waals surface area (Å²) in [4.78, 5) is 0. The van der Waals surface area contributed by atoms with Gasteiger partial charge < -0.3 is 10.8 Å². The Morgan fingerprint density at radius 3 is 2.56 bits per heavy atom. The third-order valence-corrected chi connectivity index (χ3v) is 3.73. The minimum Gasteiger partial charge on any atom is -0.391 e. The van der Waals surface area contributed by atoms with Crippen LogP contribution in [0, 0.1) is 11.7 Å². The molecule has 3 N–H and O–H groups in total. The monoisotopic (exact) mass is 287 g/mol. The number of rotatable bonds is 3. The summed E-state index contributed by atoms with van der Waals surface area (Å²) in [7, 11) is 0. The standard InChI is InChI=1S/C12H15BrFNO/c13-9-4-8(5-10(14)6-9)11(15)12(16)7-2-1-3-7/h4-7,11-12,16H,1-3,15H2/t11-,12+/m0/s1. The molecule has 16 heavy (non-hydrogen) atoms. The fourth-order valence-electron chi connectivity index (χ4n) is 2.04. The van der Waals surface area contributed by atoms with Crippen molar-refractivity contribution in [3.05, 3.63) is 34.1 Å². The molecule has 1 saturated carbocycles. The zero-order valence-corrected chi connectivity index (χ0v) is 10.5. The minimum absolute atomic E-state index is 0.275. The lowest BCUT2D eigenvalue weighted by Crippen LogP contribution is -2.36. The average Bonchev–Trinajstić information content (AvgIpc) is 2.12. The Bertz CT molecular complexity index is 361. The molecule has 2 atom stereocenters. The summed E-state index contributed by atoms with van der Waals surface area (Å²) in [5.74, 6) is -0.0577. The molecule has 1 fully saturated rings.